The van der Waals surface area contributed by atoms with Gasteiger partial charge in [-0.3, -0.25) is 19.5 Å². The Morgan fingerprint density at radius 1 is 1.11 bits per heavy atom. The summed E-state index contributed by atoms with van der Waals surface area (Å²) < 4.78 is 41.0. The van der Waals surface area contributed by atoms with Gasteiger partial charge in [-0.1, -0.05) is 53.7 Å². The van der Waals surface area contributed by atoms with Crippen molar-refractivity contribution >= 4 is 35.0 Å². The number of halogens is 4. The first-order valence-electron chi connectivity index (χ1n) is 11.1. The van der Waals surface area contributed by atoms with Crippen LogP contribution in [-0.2, 0) is 18.5 Å². The van der Waals surface area contributed by atoms with Gasteiger partial charge in [0.1, 0.15) is 0 Å². The Bertz CT molecular complexity index is 1510. The molecule has 4 aromatic rings. The minimum absolute atomic E-state index is 0.0788. The second-order valence-electron chi connectivity index (χ2n) is 8.09. The Kier molecular flexibility index (Phi) is 8.02. The Morgan fingerprint density at radius 3 is 2.55 bits per heavy atom. The van der Waals surface area contributed by atoms with E-state index in [0.717, 1.165) is 12.1 Å². The van der Waals surface area contributed by atoms with Crippen LogP contribution in [0.5, 0.6) is 0 Å². The van der Waals surface area contributed by atoms with Crippen LogP contribution >= 0.6 is 23.4 Å². The van der Waals surface area contributed by atoms with Crippen molar-refractivity contribution < 1.29 is 22.9 Å². The zero-order valence-corrected chi connectivity index (χ0v) is 21.3. The highest BCUT2D eigenvalue weighted by Gasteiger charge is 2.30. The van der Waals surface area contributed by atoms with E-state index in [9.17, 15) is 28.1 Å². The molecule has 0 saturated carbocycles. The zero-order chi connectivity index (χ0) is 27.4. The van der Waals surface area contributed by atoms with E-state index in [1.54, 1.807) is 34.9 Å². The van der Waals surface area contributed by atoms with Gasteiger partial charge in [-0.25, -0.2) is 0 Å². The number of nitro groups is 1. The third kappa shape index (κ3) is 6.14. The number of amides is 1. The maximum atomic E-state index is 13.1. The van der Waals surface area contributed by atoms with Crippen LogP contribution < -0.4 is 5.32 Å². The Balaban J connectivity index is 1.59. The molecular formula is C25H19ClF3N5O3S. The van der Waals surface area contributed by atoms with Crippen LogP contribution in [0.2, 0.25) is 5.02 Å². The van der Waals surface area contributed by atoms with Gasteiger partial charge < -0.3 is 5.32 Å². The molecule has 4 rings (SSSR count). The second kappa shape index (κ2) is 11.2. The normalized spacial score (nSPS) is 11.4. The number of benzene rings is 3. The van der Waals surface area contributed by atoms with Gasteiger partial charge in [0.25, 0.3) is 11.6 Å². The molecule has 1 amide bonds. The number of hydrogen-bond acceptors (Lipinski definition) is 6. The van der Waals surface area contributed by atoms with Crippen molar-refractivity contribution in [3.05, 3.63) is 110 Å². The van der Waals surface area contributed by atoms with Crippen molar-refractivity contribution in [2.45, 2.75) is 30.6 Å². The lowest BCUT2D eigenvalue weighted by atomic mass is 10.1. The first kappa shape index (κ1) is 27.1. The molecule has 8 nitrogen and oxygen atoms in total. The van der Waals surface area contributed by atoms with E-state index in [-0.39, 0.29) is 29.1 Å². The van der Waals surface area contributed by atoms with Crippen LogP contribution in [0.3, 0.4) is 0 Å². The summed E-state index contributed by atoms with van der Waals surface area (Å²) in [5.74, 6) is -0.0257. The Labute approximate surface area is 224 Å². The molecule has 0 fully saturated rings. The molecule has 1 aromatic heterocycles. The molecule has 0 saturated heterocycles. The highest BCUT2D eigenvalue weighted by molar-refractivity contribution is 7.98. The highest BCUT2D eigenvalue weighted by atomic mass is 35.5. The molecule has 0 aliphatic carbocycles. The smallest absolute Gasteiger partial charge is 0.345 e. The lowest BCUT2D eigenvalue weighted by Gasteiger charge is -2.12. The fraction of sp³-hybridized carbons (Fsp3) is 0.160. The van der Waals surface area contributed by atoms with Crippen LogP contribution in [0.4, 0.5) is 18.9 Å². The van der Waals surface area contributed by atoms with E-state index in [1.807, 2.05) is 0 Å². The minimum Gasteiger partial charge on any atom is -0.345 e. The maximum Gasteiger partial charge on any atom is 0.416 e. The fourth-order valence-corrected chi connectivity index (χ4v) is 4.79. The van der Waals surface area contributed by atoms with Gasteiger partial charge in [-0.2, -0.15) is 13.2 Å². The molecule has 13 heteroatoms. The van der Waals surface area contributed by atoms with E-state index in [4.69, 9.17) is 11.6 Å². The van der Waals surface area contributed by atoms with Gasteiger partial charge in [0, 0.05) is 28.0 Å². The molecule has 196 valence electrons. The van der Waals surface area contributed by atoms with Gasteiger partial charge in [0.15, 0.2) is 11.0 Å². The number of alkyl halides is 3. The van der Waals surface area contributed by atoms with Gasteiger partial charge in [0.05, 0.1) is 22.7 Å². The third-order valence-corrected chi connectivity index (χ3v) is 6.78. The first-order valence-corrected chi connectivity index (χ1v) is 12.4. The summed E-state index contributed by atoms with van der Waals surface area (Å²) in [7, 11) is 0. The number of nitro benzene ring substituents is 1. The second-order valence-corrected chi connectivity index (χ2v) is 9.47. The van der Waals surface area contributed by atoms with E-state index in [2.05, 4.69) is 15.5 Å². The van der Waals surface area contributed by atoms with Crippen molar-refractivity contribution in [2.75, 3.05) is 0 Å². The van der Waals surface area contributed by atoms with E-state index < -0.39 is 22.6 Å². The van der Waals surface area contributed by atoms with Crippen molar-refractivity contribution in [2.24, 2.45) is 0 Å². The summed E-state index contributed by atoms with van der Waals surface area (Å²) >= 11 is 7.34. The number of thioether (sulfide) groups is 1. The van der Waals surface area contributed by atoms with Gasteiger partial charge >= 0.3 is 6.18 Å². The Morgan fingerprint density at radius 2 is 1.84 bits per heavy atom. The van der Waals surface area contributed by atoms with Crippen LogP contribution in [0.25, 0.3) is 5.69 Å². The fourth-order valence-electron chi connectivity index (χ4n) is 3.69. The van der Waals surface area contributed by atoms with Gasteiger partial charge in [-0.05, 0) is 42.8 Å². The molecule has 0 spiro atoms. The summed E-state index contributed by atoms with van der Waals surface area (Å²) in [6, 6.07) is 16.0. The standard InChI is InChI=1S/C25H19ClF3N5O3S/c1-15-20(9-4-10-21(15)34(36)37)23(35)30-13-22-31-32-24(33(22)19-8-3-7-18(26)12-19)38-14-16-5-2-6-17(11-16)25(27,28)29/h2-12H,13-14H2,1H3,(H,30,35). The van der Waals surface area contributed by atoms with Crippen molar-refractivity contribution in [1.29, 1.82) is 0 Å². The number of carbonyl (C=O) groups is 1. The molecule has 0 unspecified atom stereocenters. The number of rotatable bonds is 8. The summed E-state index contributed by atoms with van der Waals surface area (Å²) in [4.78, 5) is 23.5. The molecule has 0 aliphatic heterocycles. The lowest BCUT2D eigenvalue weighted by Crippen LogP contribution is -2.25. The number of carbonyl (C=O) groups excluding carboxylic acids is 1. The van der Waals surface area contributed by atoms with Crippen molar-refractivity contribution in [1.82, 2.24) is 20.1 Å². The Hall–Kier alpha value is -3.90. The number of hydrogen-bond donors (Lipinski definition) is 1. The maximum absolute atomic E-state index is 13.1. The molecule has 0 aliphatic rings. The molecule has 0 radical (unpaired) electrons. The summed E-state index contributed by atoms with van der Waals surface area (Å²) in [6.07, 6.45) is -4.45. The minimum atomic E-state index is -4.45. The van der Waals surface area contributed by atoms with Gasteiger partial charge in [0.2, 0.25) is 0 Å². The number of aromatic nitrogens is 3. The van der Waals surface area contributed by atoms with Crippen LogP contribution in [0.1, 0.15) is 32.9 Å². The predicted octanol–water partition coefficient (Wildman–Crippen LogP) is 6.38. The van der Waals surface area contributed by atoms with Crippen LogP contribution in [-0.4, -0.2) is 25.6 Å². The average molecular weight is 562 g/mol. The molecular weight excluding hydrogens is 543 g/mol. The SMILES string of the molecule is Cc1c(C(=O)NCc2nnc(SCc3cccc(C(F)(F)F)c3)n2-c2cccc(Cl)c2)cccc1[N+](=O)[O-]. The highest BCUT2D eigenvalue weighted by Crippen LogP contribution is 2.32. The molecule has 3 aromatic carbocycles. The predicted molar refractivity (Wildman–Crippen MR) is 136 cm³/mol. The number of nitrogens with one attached hydrogen (secondary N) is 1. The first-order chi connectivity index (χ1) is 18.0. The summed E-state index contributed by atoms with van der Waals surface area (Å²) in [6.45, 7) is 1.41. The lowest BCUT2D eigenvalue weighted by molar-refractivity contribution is -0.385. The van der Waals surface area contributed by atoms with Crippen molar-refractivity contribution in [3.8, 4) is 5.69 Å². The van der Waals surface area contributed by atoms with E-state index >= 15 is 0 Å². The van der Waals surface area contributed by atoms with Crippen molar-refractivity contribution in [3.63, 3.8) is 0 Å². The molecule has 38 heavy (non-hydrogen) atoms. The topological polar surface area (TPSA) is 103 Å². The third-order valence-electron chi connectivity index (χ3n) is 5.54. The van der Waals surface area contributed by atoms with E-state index in [1.165, 1.54) is 43.0 Å². The largest absolute Gasteiger partial charge is 0.416 e. The molecule has 0 atom stereocenters. The summed E-state index contributed by atoms with van der Waals surface area (Å²) in [5.41, 5.74) is 0.488. The monoisotopic (exact) mass is 561 g/mol. The summed E-state index contributed by atoms with van der Waals surface area (Å²) in [5, 5.41) is 23.1. The quantitative estimate of drug-likeness (QED) is 0.152. The zero-order valence-electron chi connectivity index (χ0n) is 19.7. The van der Waals surface area contributed by atoms with Crippen LogP contribution in [0, 0.1) is 17.0 Å². The number of nitrogens with zero attached hydrogens (tertiary/aromatic N) is 4. The molecule has 0 bridgehead atoms. The average Bonchev–Trinajstić information content (AvgIpc) is 3.28. The molecule has 1 heterocycles. The van der Waals surface area contributed by atoms with E-state index in [0.29, 0.717) is 27.3 Å². The van der Waals surface area contributed by atoms with Gasteiger partial charge in [-0.15, -0.1) is 10.2 Å². The van der Waals surface area contributed by atoms with Crippen LogP contribution in [0.15, 0.2) is 71.9 Å². The molecule has 1 N–H and O–H groups in total.